The first kappa shape index (κ1) is 12.3. The number of carbonyl (C=O) groups is 1. The first-order valence-corrected chi connectivity index (χ1v) is 5.33. The fraction of sp³-hybridized carbons (Fsp3) is 0.900. The Balaban J connectivity index is 2.02. The summed E-state index contributed by atoms with van der Waals surface area (Å²) >= 11 is 0. The number of rotatable bonds is 3. The van der Waals surface area contributed by atoms with Crippen molar-refractivity contribution >= 4 is 6.09 Å². The number of alkyl carbamates (subject to hydrolysis) is 1. The van der Waals surface area contributed by atoms with E-state index in [0.717, 1.165) is 19.5 Å². The first-order valence-electron chi connectivity index (χ1n) is 5.33. The predicted molar refractivity (Wildman–Crippen MR) is 58.1 cm³/mol. The number of hydrazine groups is 1. The largest absolute Gasteiger partial charge is 0.444 e. The van der Waals surface area contributed by atoms with Gasteiger partial charge in [-0.05, 0) is 33.1 Å². The lowest BCUT2D eigenvalue weighted by molar-refractivity contribution is 0.0507. The smallest absolute Gasteiger partial charge is 0.407 e. The Labute approximate surface area is 90.9 Å². The van der Waals surface area contributed by atoms with Crippen LogP contribution < -0.4 is 11.2 Å². The summed E-state index contributed by atoms with van der Waals surface area (Å²) in [5.41, 5.74) is -0.422. The Morgan fingerprint density at radius 1 is 1.53 bits per heavy atom. The van der Waals surface area contributed by atoms with Gasteiger partial charge in [-0.1, -0.05) is 0 Å². The van der Waals surface area contributed by atoms with Crippen LogP contribution in [0.4, 0.5) is 4.79 Å². The van der Waals surface area contributed by atoms with E-state index >= 15 is 0 Å². The number of nitrogens with two attached hydrogens (primary N) is 1. The number of nitrogens with zero attached hydrogens (tertiary/aromatic N) is 1. The Morgan fingerprint density at radius 2 is 2.13 bits per heavy atom. The number of hydrogen-bond donors (Lipinski definition) is 2. The molecule has 0 radical (unpaired) electrons. The topological polar surface area (TPSA) is 67.6 Å². The van der Waals surface area contributed by atoms with Crippen molar-refractivity contribution in [1.82, 2.24) is 10.3 Å². The molecule has 1 aliphatic heterocycles. The summed E-state index contributed by atoms with van der Waals surface area (Å²) in [6.07, 6.45) is 0.624. The van der Waals surface area contributed by atoms with Crippen LogP contribution in [0.3, 0.4) is 0 Å². The number of ether oxygens (including phenoxy) is 1. The van der Waals surface area contributed by atoms with E-state index in [1.807, 2.05) is 20.8 Å². The van der Waals surface area contributed by atoms with Crippen LogP contribution in [-0.4, -0.2) is 36.3 Å². The normalized spacial score (nSPS) is 18.4. The molecule has 0 aromatic heterocycles. The maximum atomic E-state index is 11.2. The van der Waals surface area contributed by atoms with E-state index in [1.165, 1.54) is 0 Å². The van der Waals surface area contributed by atoms with Gasteiger partial charge in [-0.2, -0.15) is 0 Å². The molecule has 3 N–H and O–H groups in total. The summed E-state index contributed by atoms with van der Waals surface area (Å²) in [5.74, 6) is 6.12. The number of amides is 1. The van der Waals surface area contributed by atoms with Crippen LogP contribution in [0.1, 0.15) is 27.2 Å². The van der Waals surface area contributed by atoms with Crippen LogP contribution >= 0.6 is 0 Å². The van der Waals surface area contributed by atoms with Crippen molar-refractivity contribution in [2.24, 2.45) is 11.8 Å². The molecular weight excluding hydrogens is 194 g/mol. The highest BCUT2D eigenvalue weighted by Gasteiger charge is 2.23. The van der Waals surface area contributed by atoms with Crippen LogP contribution in [0.15, 0.2) is 0 Å². The summed E-state index contributed by atoms with van der Waals surface area (Å²) < 4.78 is 5.11. The molecule has 1 fully saturated rings. The maximum absolute atomic E-state index is 11.2. The molecular formula is C10H21N3O2. The van der Waals surface area contributed by atoms with Gasteiger partial charge in [0.25, 0.3) is 0 Å². The third kappa shape index (κ3) is 4.99. The van der Waals surface area contributed by atoms with Gasteiger partial charge in [-0.3, -0.25) is 5.84 Å². The van der Waals surface area contributed by atoms with Gasteiger partial charge in [-0.15, -0.1) is 0 Å². The average molecular weight is 215 g/mol. The van der Waals surface area contributed by atoms with E-state index in [4.69, 9.17) is 10.6 Å². The summed E-state index contributed by atoms with van der Waals surface area (Å²) in [7, 11) is 0. The van der Waals surface area contributed by atoms with Gasteiger partial charge < -0.3 is 10.1 Å². The molecule has 0 unspecified atom stereocenters. The minimum absolute atomic E-state index is 0.341. The fourth-order valence-electron chi connectivity index (χ4n) is 1.48. The second-order valence-electron chi connectivity index (χ2n) is 5.04. The minimum Gasteiger partial charge on any atom is -0.444 e. The second kappa shape index (κ2) is 4.81. The van der Waals surface area contributed by atoms with E-state index in [2.05, 4.69) is 5.32 Å². The molecule has 88 valence electrons. The lowest BCUT2D eigenvalue weighted by Gasteiger charge is -2.35. The second-order valence-corrected chi connectivity index (χ2v) is 5.04. The van der Waals surface area contributed by atoms with Crippen molar-refractivity contribution < 1.29 is 9.53 Å². The van der Waals surface area contributed by atoms with Crippen LogP contribution in [-0.2, 0) is 4.74 Å². The van der Waals surface area contributed by atoms with Crippen molar-refractivity contribution in [1.29, 1.82) is 0 Å². The molecule has 0 saturated carbocycles. The zero-order chi connectivity index (χ0) is 11.5. The molecule has 1 aliphatic rings. The van der Waals surface area contributed by atoms with Gasteiger partial charge >= 0.3 is 6.09 Å². The highest BCUT2D eigenvalue weighted by molar-refractivity contribution is 5.67. The number of nitrogens with one attached hydrogen (secondary N) is 1. The maximum Gasteiger partial charge on any atom is 0.407 e. The lowest BCUT2D eigenvalue weighted by atomic mass is 9.99. The summed E-state index contributed by atoms with van der Waals surface area (Å²) in [6, 6.07) is 0. The molecule has 0 atom stereocenters. The molecule has 5 heteroatoms. The highest BCUT2D eigenvalue weighted by atomic mass is 16.6. The van der Waals surface area contributed by atoms with Crippen LogP contribution in [0, 0.1) is 5.92 Å². The van der Waals surface area contributed by atoms with Gasteiger partial charge in [0.05, 0.1) is 0 Å². The number of hydrogen-bond acceptors (Lipinski definition) is 4. The highest BCUT2D eigenvalue weighted by Crippen LogP contribution is 2.14. The van der Waals surface area contributed by atoms with Crippen molar-refractivity contribution in [2.75, 3.05) is 19.6 Å². The zero-order valence-corrected chi connectivity index (χ0v) is 9.75. The zero-order valence-electron chi connectivity index (χ0n) is 9.75. The quantitative estimate of drug-likeness (QED) is 0.680. The molecule has 1 heterocycles. The summed E-state index contributed by atoms with van der Waals surface area (Å²) in [6.45, 7) is 8.07. The predicted octanol–water partition coefficient (Wildman–Crippen LogP) is 0.707. The van der Waals surface area contributed by atoms with Crippen LogP contribution in [0.5, 0.6) is 0 Å². The van der Waals surface area contributed by atoms with Crippen LogP contribution in [0.2, 0.25) is 0 Å². The Bertz CT molecular complexity index is 219. The average Bonchev–Trinajstić information content (AvgIpc) is 1.97. The van der Waals surface area contributed by atoms with Gasteiger partial charge in [0.15, 0.2) is 0 Å². The first-order chi connectivity index (χ1) is 6.87. The molecule has 1 saturated heterocycles. The molecule has 0 spiro atoms. The van der Waals surface area contributed by atoms with Crippen molar-refractivity contribution in [3.05, 3.63) is 0 Å². The molecule has 5 nitrogen and oxygen atoms in total. The van der Waals surface area contributed by atoms with E-state index < -0.39 is 5.60 Å². The standard InChI is InChI=1S/C10H21N3O2/c1-10(2,3)15-9(14)12-5-4-8-6-13(11)7-8/h8H,4-7,11H2,1-3H3,(H,12,14). The van der Waals surface area contributed by atoms with Crippen molar-refractivity contribution in [3.63, 3.8) is 0 Å². The fourth-order valence-corrected chi connectivity index (χ4v) is 1.48. The minimum atomic E-state index is -0.422. The van der Waals surface area contributed by atoms with Gasteiger partial charge in [0, 0.05) is 19.6 Å². The Hall–Kier alpha value is -0.810. The van der Waals surface area contributed by atoms with E-state index in [1.54, 1.807) is 5.01 Å². The van der Waals surface area contributed by atoms with Gasteiger partial charge in [-0.25, -0.2) is 9.80 Å². The van der Waals surface area contributed by atoms with E-state index in [-0.39, 0.29) is 6.09 Å². The van der Waals surface area contributed by atoms with Crippen LogP contribution in [0.25, 0.3) is 0 Å². The van der Waals surface area contributed by atoms with E-state index in [9.17, 15) is 4.79 Å². The molecule has 0 aromatic carbocycles. The Morgan fingerprint density at radius 3 is 2.60 bits per heavy atom. The lowest BCUT2D eigenvalue weighted by Crippen LogP contribution is -2.51. The van der Waals surface area contributed by atoms with Gasteiger partial charge in [0.1, 0.15) is 5.60 Å². The molecule has 1 rings (SSSR count). The SMILES string of the molecule is CC(C)(C)OC(=O)NCCC1CN(N)C1. The molecule has 0 bridgehead atoms. The van der Waals surface area contributed by atoms with Crippen molar-refractivity contribution in [2.45, 2.75) is 32.8 Å². The monoisotopic (exact) mass is 215 g/mol. The third-order valence-electron chi connectivity index (χ3n) is 2.21. The van der Waals surface area contributed by atoms with E-state index in [0.29, 0.717) is 12.5 Å². The number of carbonyl (C=O) groups excluding carboxylic acids is 1. The molecule has 0 aliphatic carbocycles. The molecule has 15 heavy (non-hydrogen) atoms. The molecule has 1 amide bonds. The molecule has 0 aromatic rings. The summed E-state index contributed by atoms with van der Waals surface area (Å²) in [4.78, 5) is 11.2. The van der Waals surface area contributed by atoms with Gasteiger partial charge in [0.2, 0.25) is 0 Å². The van der Waals surface area contributed by atoms with Crippen molar-refractivity contribution in [3.8, 4) is 0 Å². The third-order valence-corrected chi connectivity index (χ3v) is 2.21. The summed E-state index contributed by atoms with van der Waals surface area (Å²) in [5, 5.41) is 4.51. The Kier molecular flexibility index (Phi) is 3.93.